The molecule has 0 saturated heterocycles. The third kappa shape index (κ3) is 7.01. The molecule has 0 radical (unpaired) electrons. The number of rotatable bonds is 11. The van der Waals surface area contributed by atoms with Crippen LogP contribution in [0.15, 0.2) is 109 Å². The van der Waals surface area contributed by atoms with E-state index < -0.39 is 11.7 Å². The van der Waals surface area contributed by atoms with Crippen molar-refractivity contribution in [3.8, 4) is 5.75 Å². The topological polar surface area (TPSA) is 28.3 Å². The van der Waals surface area contributed by atoms with Crippen LogP contribution in [0, 0.1) is 12.8 Å². The molecule has 41 heavy (non-hydrogen) atoms. The molecule has 1 aromatic heterocycles. The quantitative estimate of drug-likeness (QED) is 0.176. The van der Waals surface area contributed by atoms with Crippen LogP contribution in [0.25, 0.3) is 10.9 Å². The molecule has 5 rings (SSSR count). The Kier molecular flexibility index (Phi) is 8.79. The van der Waals surface area contributed by atoms with E-state index in [0.717, 1.165) is 22.7 Å². The predicted molar refractivity (Wildman–Crippen MR) is 159 cm³/mol. The van der Waals surface area contributed by atoms with E-state index in [4.69, 9.17) is 4.74 Å². The summed E-state index contributed by atoms with van der Waals surface area (Å²) in [5, 5.41) is 1.03. The van der Waals surface area contributed by atoms with E-state index in [1.54, 1.807) is 6.92 Å². The van der Waals surface area contributed by atoms with Gasteiger partial charge in [0.1, 0.15) is 5.75 Å². The Labute approximate surface area is 239 Å². The summed E-state index contributed by atoms with van der Waals surface area (Å²) in [5.41, 5.74) is 3.76. The molecule has 0 bridgehead atoms. The first-order valence-corrected chi connectivity index (χ1v) is 14.0. The fourth-order valence-electron chi connectivity index (χ4n) is 5.55. The molecule has 0 saturated carbocycles. The Morgan fingerprint density at radius 2 is 1.44 bits per heavy atom. The van der Waals surface area contributed by atoms with Crippen LogP contribution in [-0.4, -0.2) is 29.6 Å². The number of H-pyrrole nitrogens is 1. The molecule has 0 aliphatic rings. The standard InChI is InChI=1S/C35H35F3N2O/c1-25(24-41-34-18-10-17-33-30(34)19-20-39-33)21-40(22-29-15-9-16-32(26(29)2)35(36,37)38)23-31(27-11-5-3-6-12-27)28-13-7-4-8-14-28/h3-20,25,31,39H,21-24H2,1-2H3/t25-/m1/s1. The second-order valence-corrected chi connectivity index (χ2v) is 10.8. The number of halogens is 3. The van der Waals surface area contributed by atoms with Crippen molar-refractivity contribution < 1.29 is 17.9 Å². The largest absolute Gasteiger partial charge is 0.493 e. The van der Waals surface area contributed by atoms with Gasteiger partial charge in [-0.15, -0.1) is 0 Å². The highest BCUT2D eigenvalue weighted by atomic mass is 19.4. The maximum absolute atomic E-state index is 13.7. The van der Waals surface area contributed by atoms with Crippen LogP contribution < -0.4 is 4.74 Å². The maximum atomic E-state index is 13.7. The van der Waals surface area contributed by atoms with E-state index >= 15 is 0 Å². The summed E-state index contributed by atoms with van der Waals surface area (Å²) < 4.78 is 47.5. The van der Waals surface area contributed by atoms with Gasteiger partial charge in [-0.1, -0.05) is 85.8 Å². The van der Waals surface area contributed by atoms with Gasteiger partial charge in [-0.2, -0.15) is 13.2 Å². The minimum absolute atomic E-state index is 0.0604. The number of benzene rings is 4. The molecule has 0 fully saturated rings. The fraction of sp³-hybridized carbons (Fsp3) is 0.257. The first-order chi connectivity index (χ1) is 19.8. The average molecular weight is 557 g/mol. The molecule has 0 spiro atoms. The van der Waals surface area contributed by atoms with E-state index in [9.17, 15) is 13.2 Å². The van der Waals surface area contributed by atoms with Gasteiger partial charge in [0.25, 0.3) is 0 Å². The highest BCUT2D eigenvalue weighted by Crippen LogP contribution is 2.34. The number of nitrogens with zero attached hydrogens (tertiary/aromatic N) is 1. The van der Waals surface area contributed by atoms with E-state index in [0.29, 0.717) is 31.8 Å². The van der Waals surface area contributed by atoms with Gasteiger partial charge < -0.3 is 9.72 Å². The van der Waals surface area contributed by atoms with E-state index in [2.05, 4.69) is 41.1 Å². The molecule has 0 unspecified atom stereocenters. The van der Waals surface area contributed by atoms with Crippen molar-refractivity contribution >= 4 is 10.9 Å². The number of fused-ring (bicyclic) bond motifs is 1. The molecule has 6 heteroatoms. The van der Waals surface area contributed by atoms with E-state index in [-0.39, 0.29) is 17.4 Å². The lowest BCUT2D eigenvalue weighted by molar-refractivity contribution is -0.138. The van der Waals surface area contributed by atoms with Crippen LogP contribution in [-0.2, 0) is 12.7 Å². The number of nitrogens with one attached hydrogen (secondary N) is 1. The summed E-state index contributed by atoms with van der Waals surface area (Å²) in [6.45, 7) is 5.92. The molecule has 0 amide bonds. The van der Waals surface area contributed by atoms with Crippen molar-refractivity contribution in [2.45, 2.75) is 32.5 Å². The maximum Gasteiger partial charge on any atom is 0.416 e. The normalized spacial score (nSPS) is 12.8. The third-order valence-corrected chi connectivity index (χ3v) is 7.64. The first kappa shape index (κ1) is 28.5. The minimum Gasteiger partial charge on any atom is -0.493 e. The number of aromatic nitrogens is 1. The van der Waals surface area contributed by atoms with Gasteiger partial charge in [-0.05, 0) is 53.4 Å². The molecule has 0 aliphatic carbocycles. The smallest absolute Gasteiger partial charge is 0.416 e. The van der Waals surface area contributed by atoms with Gasteiger partial charge in [0, 0.05) is 48.6 Å². The van der Waals surface area contributed by atoms with E-state index in [1.807, 2.05) is 72.9 Å². The molecule has 3 nitrogen and oxygen atoms in total. The Morgan fingerprint density at radius 3 is 2.10 bits per heavy atom. The van der Waals surface area contributed by atoms with Crippen LogP contribution in [0.5, 0.6) is 5.75 Å². The molecule has 5 aromatic rings. The average Bonchev–Trinajstić information content (AvgIpc) is 3.46. The first-order valence-electron chi connectivity index (χ1n) is 14.0. The molecular formula is C35H35F3N2O. The van der Waals surface area contributed by atoms with Crippen molar-refractivity contribution in [1.82, 2.24) is 9.88 Å². The summed E-state index contributed by atoms with van der Waals surface area (Å²) in [4.78, 5) is 5.49. The molecule has 4 aromatic carbocycles. The lowest BCUT2D eigenvalue weighted by Gasteiger charge is -2.31. The number of aromatic amines is 1. The number of hydrogen-bond donors (Lipinski definition) is 1. The van der Waals surface area contributed by atoms with Crippen molar-refractivity contribution in [3.63, 3.8) is 0 Å². The Balaban J connectivity index is 1.41. The second kappa shape index (κ2) is 12.6. The SMILES string of the molecule is Cc1c(CN(CC(c2ccccc2)c2ccccc2)C[C@@H](C)COc2cccc3[nH]ccc23)cccc1C(F)(F)F. The van der Waals surface area contributed by atoms with Crippen molar-refractivity contribution in [2.75, 3.05) is 19.7 Å². The lowest BCUT2D eigenvalue weighted by Crippen LogP contribution is -2.34. The number of alkyl halides is 3. The predicted octanol–water partition coefficient (Wildman–Crippen LogP) is 8.84. The highest BCUT2D eigenvalue weighted by Gasteiger charge is 2.33. The molecule has 1 N–H and O–H groups in total. The summed E-state index contributed by atoms with van der Waals surface area (Å²) in [6.07, 6.45) is -2.49. The summed E-state index contributed by atoms with van der Waals surface area (Å²) in [6, 6.07) is 33.0. The molecule has 1 heterocycles. The molecular weight excluding hydrogens is 521 g/mol. The highest BCUT2D eigenvalue weighted by molar-refractivity contribution is 5.85. The molecule has 212 valence electrons. The summed E-state index contributed by atoms with van der Waals surface area (Å²) >= 11 is 0. The zero-order chi connectivity index (χ0) is 28.8. The van der Waals surface area contributed by atoms with Crippen LogP contribution in [0.3, 0.4) is 0 Å². The van der Waals surface area contributed by atoms with E-state index in [1.165, 1.54) is 17.2 Å². The monoisotopic (exact) mass is 556 g/mol. The number of ether oxygens (including phenoxy) is 1. The lowest BCUT2D eigenvalue weighted by atomic mass is 9.90. The van der Waals surface area contributed by atoms with Gasteiger partial charge in [-0.3, -0.25) is 4.90 Å². The zero-order valence-corrected chi connectivity index (χ0v) is 23.4. The fourth-order valence-corrected chi connectivity index (χ4v) is 5.55. The second-order valence-electron chi connectivity index (χ2n) is 10.8. The van der Waals surface area contributed by atoms with Gasteiger partial charge in [0.15, 0.2) is 0 Å². The van der Waals surface area contributed by atoms with Gasteiger partial charge in [0.05, 0.1) is 12.2 Å². The van der Waals surface area contributed by atoms with Gasteiger partial charge in [0.2, 0.25) is 0 Å². The molecule has 0 aliphatic heterocycles. The molecule has 1 atom stereocenters. The zero-order valence-electron chi connectivity index (χ0n) is 23.4. The van der Waals surface area contributed by atoms with Gasteiger partial charge >= 0.3 is 6.18 Å². The van der Waals surface area contributed by atoms with Crippen LogP contribution in [0.2, 0.25) is 0 Å². The van der Waals surface area contributed by atoms with Crippen molar-refractivity contribution in [1.29, 1.82) is 0 Å². The van der Waals surface area contributed by atoms with Crippen molar-refractivity contribution in [2.24, 2.45) is 5.92 Å². The number of hydrogen-bond acceptors (Lipinski definition) is 2. The Morgan fingerprint density at radius 1 is 0.780 bits per heavy atom. The third-order valence-electron chi connectivity index (χ3n) is 7.64. The summed E-state index contributed by atoms with van der Waals surface area (Å²) in [5.74, 6) is 1.01. The van der Waals surface area contributed by atoms with Crippen LogP contribution >= 0.6 is 0 Å². The van der Waals surface area contributed by atoms with Crippen molar-refractivity contribution in [3.05, 3.63) is 137 Å². The van der Waals surface area contributed by atoms with Crippen LogP contribution in [0.1, 0.15) is 40.7 Å². The van der Waals surface area contributed by atoms with Crippen LogP contribution in [0.4, 0.5) is 13.2 Å². The summed E-state index contributed by atoms with van der Waals surface area (Å²) in [7, 11) is 0. The van der Waals surface area contributed by atoms with Gasteiger partial charge in [-0.25, -0.2) is 0 Å². The Bertz CT molecular complexity index is 1510. The Hall–Kier alpha value is -4.03. The minimum atomic E-state index is -4.39.